The zero-order valence-electron chi connectivity index (χ0n) is 16.0. The molecule has 0 aromatic heterocycles. The molecule has 6 rings (SSSR count). The van der Waals surface area contributed by atoms with Crippen LogP contribution in [-0.4, -0.2) is 49.3 Å². The summed E-state index contributed by atoms with van der Waals surface area (Å²) in [6.07, 6.45) is 4.76. The number of likely N-dealkylation sites (N-methyl/N-ethyl adjacent to an activating group) is 1. The van der Waals surface area contributed by atoms with Gasteiger partial charge in [-0.25, -0.2) is 0 Å². The Labute approximate surface area is 155 Å². The Morgan fingerprint density at radius 3 is 2.88 bits per heavy atom. The SMILES string of the molecule is COC(=O)C1C[C@]23CCC[N+]4(C)CCC5(c6ccccc6N[C@@]15C2C)C34. The van der Waals surface area contributed by atoms with E-state index in [1.807, 2.05) is 0 Å². The number of nitrogens with one attached hydrogen (secondary N) is 1. The number of para-hydroxylation sites is 1. The standard InChI is InChI=1S/C22H29N2O2/c1-14-20-9-6-11-24(2)12-10-21(19(20)24)15-7-4-5-8-17(15)23-22(14,21)16(13-20)18(25)26-3/h4-5,7-8,14,16,19,23H,6,9-13H2,1-3H3/q+1/t14?,16?,19?,20-,21?,22+,24?/m1/s1. The number of nitrogens with zero attached hydrogens (tertiary/aromatic N) is 1. The highest BCUT2D eigenvalue weighted by molar-refractivity contribution is 5.82. The highest BCUT2D eigenvalue weighted by Gasteiger charge is 2.89. The summed E-state index contributed by atoms with van der Waals surface area (Å²) in [6.45, 7) is 4.98. The smallest absolute Gasteiger partial charge is 0.311 e. The quantitative estimate of drug-likeness (QED) is 0.623. The summed E-state index contributed by atoms with van der Waals surface area (Å²) >= 11 is 0. The third-order valence-electron chi connectivity index (χ3n) is 9.62. The van der Waals surface area contributed by atoms with Crippen LogP contribution in [0.25, 0.3) is 0 Å². The number of hydrogen-bond donors (Lipinski definition) is 1. The van der Waals surface area contributed by atoms with E-state index in [9.17, 15) is 4.79 Å². The van der Waals surface area contributed by atoms with Gasteiger partial charge in [0.05, 0.1) is 44.1 Å². The van der Waals surface area contributed by atoms with Crippen molar-refractivity contribution in [1.82, 2.24) is 0 Å². The highest BCUT2D eigenvalue weighted by Crippen LogP contribution is 2.80. The Kier molecular flexibility index (Phi) is 2.56. The summed E-state index contributed by atoms with van der Waals surface area (Å²) in [6, 6.07) is 9.52. The molecule has 4 fully saturated rings. The van der Waals surface area contributed by atoms with Gasteiger partial charge >= 0.3 is 5.97 Å². The average Bonchev–Trinajstić information content (AvgIpc) is 3.27. The van der Waals surface area contributed by atoms with Crippen molar-refractivity contribution in [2.45, 2.75) is 49.6 Å². The van der Waals surface area contributed by atoms with Gasteiger partial charge in [-0.2, -0.15) is 0 Å². The predicted octanol–water partition coefficient (Wildman–Crippen LogP) is 2.93. The largest absolute Gasteiger partial charge is 0.469 e. The molecule has 2 saturated heterocycles. The van der Waals surface area contributed by atoms with E-state index in [1.165, 1.54) is 48.1 Å². The zero-order valence-corrected chi connectivity index (χ0v) is 16.0. The Hall–Kier alpha value is -1.55. The number of rotatable bonds is 1. The number of benzene rings is 1. The van der Waals surface area contributed by atoms with Gasteiger partial charge in [0.1, 0.15) is 6.04 Å². The maximum atomic E-state index is 13.0. The lowest BCUT2D eigenvalue weighted by molar-refractivity contribution is -0.936. The van der Waals surface area contributed by atoms with Crippen LogP contribution >= 0.6 is 0 Å². The topological polar surface area (TPSA) is 38.3 Å². The third kappa shape index (κ3) is 1.24. The van der Waals surface area contributed by atoms with E-state index in [2.05, 4.69) is 43.6 Å². The molecule has 2 aliphatic carbocycles. The van der Waals surface area contributed by atoms with Crippen LogP contribution in [0, 0.1) is 17.3 Å². The monoisotopic (exact) mass is 353 g/mol. The van der Waals surface area contributed by atoms with Crippen LogP contribution in [-0.2, 0) is 14.9 Å². The van der Waals surface area contributed by atoms with Crippen molar-refractivity contribution in [3.8, 4) is 0 Å². The van der Waals surface area contributed by atoms with Gasteiger partial charge in [-0.3, -0.25) is 4.79 Å². The van der Waals surface area contributed by atoms with Crippen molar-refractivity contribution < 1.29 is 14.0 Å². The number of quaternary nitrogens is 1. The molecule has 5 aliphatic rings. The molecule has 5 unspecified atom stereocenters. The van der Waals surface area contributed by atoms with Crippen molar-refractivity contribution in [3.63, 3.8) is 0 Å². The van der Waals surface area contributed by atoms with Gasteiger partial charge in [0.2, 0.25) is 0 Å². The minimum atomic E-state index is -0.172. The van der Waals surface area contributed by atoms with Crippen molar-refractivity contribution in [2.75, 3.05) is 32.6 Å². The number of esters is 1. The minimum Gasteiger partial charge on any atom is -0.469 e. The molecule has 3 spiro atoms. The van der Waals surface area contributed by atoms with E-state index in [1.54, 1.807) is 7.11 Å². The molecule has 3 heterocycles. The lowest BCUT2D eigenvalue weighted by atomic mass is 9.56. The summed E-state index contributed by atoms with van der Waals surface area (Å²) in [5, 5.41) is 3.99. The number of ether oxygens (including phenoxy) is 1. The zero-order chi connectivity index (χ0) is 17.9. The van der Waals surface area contributed by atoms with Crippen LogP contribution in [0.2, 0.25) is 0 Å². The van der Waals surface area contributed by atoms with E-state index < -0.39 is 0 Å². The first-order chi connectivity index (χ1) is 12.5. The molecule has 1 N–H and O–H groups in total. The molecule has 2 saturated carbocycles. The fraction of sp³-hybridized carbons (Fsp3) is 0.682. The van der Waals surface area contributed by atoms with Gasteiger partial charge in [0, 0.05) is 17.5 Å². The number of piperidine rings is 1. The van der Waals surface area contributed by atoms with Crippen molar-refractivity contribution >= 4 is 11.7 Å². The van der Waals surface area contributed by atoms with E-state index in [-0.39, 0.29) is 28.3 Å². The lowest BCUT2D eigenvalue weighted by Crippen LogP contribution is -2.67. The Morgan fingerprint density at radius 2 is 2.08 bits per heavy atom. The van der Waals surface area contributed by atoms with Crippen LogP contribution < -0.4 is 5.32 Å². The molecule has 138 valence electrons. The Morgan fingerprint density at radius 1 is 1.27 bits per heavy atom. The second-order valence-corrected chi connectivity index (χ2v) is 9.93. The van der Waals surface area contributed by atoms with E-state index >= 15 is 0 Å². The summed E-state index contributed by atoms with van der Waals surface area (Å²) in [7, 11) is 4.06. The maximum absolute atomic E-state index is 13.0. The number of carbonyl (C=O) groups is 1. The van der Waals surface area contributed by atoms with Crippen molar-refractivity contribution in [2.24, 2.45) is 17.3 Å². The van der Waals surface area contributed by atoms with Gasteiger partial charge in [-0.05, 0) is 36.8 Å². The summed E-state index contributed by atoms with van der Waals surface area (Å²) in [5.41, 5.74) is 2.92. The number of fused-ring (bicyclic) bond motifs is 1. The van der Waals surface area contributed by atoms with Gasteiger partial charge < -0.3 is 14.5 Å². The first kappa shape index (κ1) is 15.5. The molecular formula is C22H29N2O2+. The van der Waals surface area contributed by atoms with Crippen LogP contribution in [0.1, 0.15) is 38.2 Å². The summed E-state index contributed by atoms with van der Waals surface area (Å²) < 4.78 is 6.56. The fourth-order valence-corrected chi connectivity index (χ4v) is 9.19. The minimum absolute atomic E-state index is 0.00136. The van der Waals surface area contributed by atoms with Crippen LogP contribution in [0.3, 0.4) is 0 Å². The molecule has 2 bridgehead atoms. The molecular weight excluding hydrogens is 324 g/mol. The molecule has 7 atom stereocenters. The average molecular weight is 353 g/mol. The van der Waals surface area contributed by atoms with Crippen molar-refractivity contribution in [3.05, 3.63) is 29.8 Å². The second-order valence-electron chi connectivity index (χ2n) is 9.93. The lowest BCUT2D eigenvalue weighted by Gasteiger charge is -2.54. The molecule has 1 aromatic rings. The molecule has 26 heavy (non-hydrogen) atoms. The Balaban J connectivity index is 1.69. The molecule has 3 aliphatic heterocycles. The summed E-state index contributed by atoms with van der Waals surface area (Å²) in [5.74, 6) is 0.462. The number of methoxy groups -OCH3 is 1. The van der Waals surface area contributed by atoms with Gasteiger partial charge in [0.25, 0.3) is 0 Å². The van der Waals surface area contributed by atoms with Gasteiger partial charge in [0.15, 0.2) is 0 Å². The molecule has 4 nitrogen and oxygen atoms in total. The first-order valence-electron chi connectivity index (χ1n) is 10.3. The summed E-state index contributed by atoms with van der Waals surface area (Å²) in [4.78, 5) is 13.0. The molecule has 0 amide bonds. The van der Waals surface area contributed by atoms with Crippen LogP contribution in [0.4, 0.5) is 5.69 Å². The fourth-order valence-electron chi connectivity index (χ4n) is 9.19. The molecule has 1 aromatic carbocycles. The highest BCUT2D eigenvalue weighted by atomic mass is 16.5. The van der Waals surface area contributed by atoms with E-state index in [0.29, 0.717) is 12.0 Å². The number of carbonyl (C=O) groups excluding carboxylic acids is 1. The van der Waals surface area contributed by atoms with Crippen LogP contribution in [0.5, 0.6) is 0 Å². The van der Waals surface area contributed by atoms with Crippen LogP contribution in [0.15, 0.2) is 24.3 Å². The first-order valence-corrected chi connectivity index (χ1v) is 10.3. The molecule has 4 heteroatoms. The molecule has 0 radical (unpaired) electrons. The predicted molar refractivity (Wildman–Crippen MR) is 99.8 cm³/mol. The number of hydrogen-bond acceptors (Lipinski definition) is 3. The maximum Gasteiger partial charge on any atom is 0.311 e. The second kappa shape index (κ2) is 4.30. The van der Waals surface area contributed by atoms with Crippen molar-refractivity contribution in [1.29, 1.82) is 0 Å². The normalized spacial score (nSPS) is 52.2. The van der Waals surface area contributed by atoms with Gasteiger partial charge in [-0.1, -0.05) is 25.1 Å². The van der Waals surface area contributed by atoms with Gasteiger partial charge in [-0.15, -0.1) is 0 Å². The Bertz CT molecular complexity index is 839. The van der Waals surface area contributed by atoms with E-state index in [4.69, 9.17) is 4.74 Å². The van der Waals surface area contributed by atoms with E-state index in [0.717, 1.165) is 6.42 Å². The third-order valence-corrected chi connectivity index (χ3v) is 9.62. The number of anilines is 1.